The van der Waals surface area contributed by atoms with Gasteiger partial charge in [0.05, 0.1) is 22.7 Å². The SMILES string of the molecule is CCNC(=NCc1c(CC)noc1CC)NCCS(=O)(=O)C(C)(C)C. The third kappa shape index (κ3) is 6.02. The Hall–Kier alpha value is -1.57. The van der Waals surface area contributed by atoms with Crippen LogP contribution < -0.4 is 10.6 Å². The molecule has 0 aromatic carbocycles. The lowest BCUT2D eigenvalue weighted by atomic mass is 10.1. The Morgan fingerprint density at radius 1 is 1.16 bits per heavy atom. The summed E-state index contributed by atoms with van der Waals surface area (Å²) in [6.45, 7) is 12.6. The van der Waals surface area contributed by atoms with Crippen molar-refractivity contribution in [2.45, 2.75) is 65.7 Å². The van der Waals surface area contributed by atoms with E-state index in [1.165, 1.54) is 0 Å². The highest BCUT2D eigenvalue weighted by molar-refractivity contribution is 7.92. The van der Waals surface area contributed by atoms with Gasteiger partial charge in [0.1, 0.15) is 5.76 Å². The molecule has 0 fully saturated rings. The van der Waals surface area contributed by atoms with Gasteiger partial charge in [0.2, 0.25) is 0 Å². The zero-order valence-corrected chi connectivity index (χ0v) is 17.1. The van der Waals surface area contributed by atoms with Crippen LogP contribution in [0.25, 0.3) is 0 Å². The van der Waals surface area contributed by atoms with Crippen LogP contribution in [0.5, 0.6) is 0 Å². The van der Waals surface area contributed by atoms with E-state index in [2.05, 4.69) is 20.8 Å². The molecule has 1 rings (SSSR count). The number of sulfone groups is 1. The van der Waals surface area contributed by atoms with E-state index in [0.29, 0.717) is 25.6 Å². The molecule has 2 N–H and O–H groups in total. The van der Waals surface area contributed by atoms with Crippen molar-refractivity contribution < 1.29 is 12.9 Å². The summed E-state index contributed by atoms with van der Waals surface area (Å²) in [6.07, 6.45) is 1.56. The highest BCUT2D eigenvalue weighted by atomic mass is 32.2. The van der Waals surface area contributed by atoms with Gasteiger partial charge >= 0.3 is 0 Å². The van der Waals surface area contributed by atoms with E-state index >= 15 is 0 Å². The monoisotopic (exact) mass is 372 g/mol. The molecular formula is C17H32N4O3S. The quantitative estimate of drug-likeness (QED) is 0.536. The average Bonchev–Trinajstić information content (AvgIpc) is 2.93. The summed E-state index contributed by atoms with van der Waals surface area (Å²) in [4.78, 5) is 4.55. The zero-order valence-electron chi connectivity index (χ0n) is 16.3. The van der Waals surface area contributed by atoms with Gasteiger partial charge in [-0.1, -0.05) is 19.0 Å². The number of hydrogen-bond donors (Lipinski definition) is 2. The maximum atomic E-state index is 12.2. The third-order valence-electron chi connectivity index (χ3n) is 3.94. The smallest absolute Gasteiger partial charge is 0.191 e. The fourth-order valence-electron chi connectivity index (χ4n) is 2.23. The van der Waals surface area contributed by atoms with Crippen LogP contribution in [0.4, 0.5) is 0 Å². The van der Waals surface area contributed by atoms with Crippen LogP contribution in [0.1, 0.15) is 58.6 Å². The van der Waals surface area contributed by atoms with E-state index in [9.17, 15) is 8.42 Å². The first-order valence-corrected chi connectivity index (χ1v) is 10.5. The van der Waals surface area contributed by atoms with E-state index in [0.717, 1.165) is 29.9 Å². The van der Waals surface area contributed by atoms with Gasteiger partial charge in [-0.3, -0.25) is 0 Å². The molecule has 0 aliphatic carbocycles. The van der Waals surface area contributed by atoms with Crippen molar-refractivity contribution in [1.29, 1.82) is 0 Å². The lowest BCUT2D eigenvalue weighted by Crippen LogP contribution is -2.41. The summed E-state index contributed by atoms with van der Waals surface area (Å²) in [6, 6.07) is 0. The van der Waals surface area contributed by atoms with Gasteiger partial charge in [0.15, 0.2) is 15.8 Å². The highest BCUT2D eigenvalue weighted by Gasteiger charge is 2.28. The Balaban J connectivity index is 2.77. The average molecular weight is 373 g/mol. The highest BCUT2D eigenvalue weighted by Crippen LogP contribution is 2.17. The molecule has 1 aromatic heterocycles. The van der Waals surface area contributed by atoms with Crippen molar-refractivity contribution >= 4 is 15.8 Å². The predicted octanol–water partition coefficient (Wildman–Crippen LogP) is 2.07. The molecule has 1 aromatic rings. The van der Waals surface area contributed by atoms with Crippen molar-refractivity contribution in [2.24, 2.45) is 4.99 Å². The number of aromatic nitrogens is 1. The molecule has 0 spiro atoms. The number of guanidine groups is 1. The molecule has 0 saturated carbocycles. The third-order valence-corrected chi connectivity index (χ3v) is 6.55. The van der Waals surface area contributed by atoms with Crippen molar-refractivity contribution in [2.75, 3.05) is 18.8 Å². The Bertz CT molecular complexity index is 651. The van der Waals surface area contributed by atoms with E-state index < -0.39 is 14.6 Å². The number of aryl methyl sites for hydroxylation is 2. The van der Waals surface area contributed by atoms with Gasteiger partial charge in [-0.2, -0.15) is 0 Å². The number of aliphatic imine (C=N–C) groups is 1. The molecule has 25 heavy (non-hydrogen) atoms. The molecule has 0 bridgehead atoms. The molecule has 0 saturated heterocycles. The molecule has 0 aliphatic rings. The predicted molar refractivity (Wildman–Crippen MR) is 102 cm³/mol. The van der Waals surface area contributed by atoms with E-state index in [-0.39, 0.29) is 5.75 Å². The largest absolute Gasteiger partial charge is 0.361 e. The van der Waals surface area contributed by atoms with Crippen LogP contribution in [0.3, 0.4) is 0 Å². The maximum Gasteiger partial charge on any atom is 0.191 e. The summed E-state index contributed by atoms with van der Waals surface area (Å²) in [5.41, 5.74) is 1.94. The molecular weight excluding hydrogens is 340 g/mol. The minimum Gasteiger partial charge on any atom is -0.361 e. The summed E-state index contributed by atoms with van der Waals surface area (Å²) in [7, 11) is -3.16. The topological polar surface area (TPSA) is 96.6 Å². The van der Waals surface area contributed by atoms with Crippen LogP contribution in [-0.2, 0) is 29.2 Å². The van der Waals surface area contributed by atoms with Gasteiger partial charge in [0, 0.05) is 25.1 Å². The van der Waals surface area contributed by atoms with Gasteiger partial charge in [-0.05, 0) is 34.1 Å². The van der Waals surface area contributed by atoms with Crippen LogP contribution in [0, 0.1) is 0 Å². The fraction of sp³-hybridized carbons (Fsp3) is 0.765. The molecule has 1 heterocycles. The number of hydrogen-bond acceptors (Lipinski definition) is 5. The first-order chi connectivity index (χ1) is 11.7. The van der Waals surface area contributed by atoms with Gasteiger partial charge in [0.25, 0.3) is 0 Å². The lowest BCUT2D eigenvalue weighted by molar-refractivity contribution is 0.380. The van der Waals surface area contributed by atoms with Crippen LogP contribution in [0.2, 0.25) is 0 Å². The van der Waals surface area contributed by atoms with E-state index in [4.69, 9.17) is 4.52 Å². The first kappa shape index (κ1) is 21.5. The van der Waals surface area contributed by atoms with Crippen molar-refractivity contribution in [1.82, 2.24) is 15.8 Å². The molecule has 0 unspecified atom stereocenters. The minimum atomic E-state index is -3.16. The normalized spacial score (nSPS) is 13.1. The summed E-state index contributed by atoms with van der Waals surface area (Å²) >= 11 is 0. The fourth-order valence-corrected chi connectivity index (χ4v) is 3.21. The molecule has 8 heteroatoms. The second-order valence-corrected chi connectivity index (χ2v) is 9.65. The van der Waals surface area contributed by atoms with Crippen molar-refractivity contribution in [3.8, 4) is 0 Å². The first-order valence-electron chi connectivity index (χ1n) is 8.87. The van der Waals surface area contributed by atoms with E-state index in [1.807, 2.05) is 20.8 Å². The van der Waals surface area contributed by atoms with Crippen LogP contribution in [0.15, 0.2) is 9.52 Å². The van der Waals surface area contributed by atoms with Gasteiger partial charge in [-0.15, -0.1) is 0 Å². The molecule has 0 atom stereocenters. The number of nitrogens with one attached hydrogen (secondary N) is 2. The second kappa shape index (κ2) is 9.22. The molecule has 144 valence electrons. The Morgan fingerprint density at radius 3 is 2.36 bits per heavy atom. The molecule has 0 amide bonds. The lowest BCUT2D eigenvalue weighted by Gasteiger charge is -2.19. The Morgan fingerprint density at radius 2 is 1.84 bits per heavy atom. The maximum absolute atomic E-state index is 12.2. The standard InChI is InChI=1S/C17H32N4O3S/c1-7-14-13(15(8-2)24-21-14)12-20-16(18-9-3)19-10-11-25(22,23)17(4,5)6/h7-12H2,1-6H3,(H2,18,19,20). The number of nitrogens with zero attached hydrogens (tertiary/aromatic N) is 2. The van der Waals surface area contributed by atoms with Crippen molar-refractivity contribution in [3.63, 3.8) is 0 Å². The number of rotatable bonds is 8. The van der Waals surface area contributed by atoms with Gasteiger partial charge < -0.3 is 15.2 Å². The molecule has 0 aliphatic heterocycles. The van der Waals surface area contributed by atoms with Crippen molar-refractivity contribution in [3.05, 3.63) is 17.0 Å². The summed E-state index contributed by atoms with van der Waals surface area (Å²) in [5.74, 6) is 1.51. The van der Waals surface area contributed by atoms with Crippen LogP contribution >= 0.6 is 0 Å². The zero-order chi connectivity index (χ0) is 19.1. The molecule has 7 nitrogen and oxygen atoms in total. The minimum absolute atomic E-state index is 0.0641. The summed E-state index contributed by atoms with van der Waals surface area (Å²) in [5, 5.41) is 10.3. The van der Waals surface area contributed by atoms with E-state index in [1.54, 1.807) is 20.8 Å². The molecule has 0 radical (unpaired) electrons. The van der Waals surface area contributed by atoms with Gasteiger partial charge in [-0.25, -0.2) is 13.4 Å². The summed E-state index contributed by atoms with van der Waals surface area (Å²) < 4.78 is 29.0. The Kier molecular flexibility index (Phi) is 7.92. The second-order valence-electron chi connectivity index (χ2n) is 6.79. The Labute approximate surface area is 151 Å². The van der Waals surface area contributed by atoms with Crippen LogP contribution in [-0.4, -0.2) is 43.1 Å².